The minimum absolute atomic E-state index is 0.0899. The summed E-state index contributed by atoms with van der Waals surface area (Å²) in [6, 6.07) is 5.39. The first kappa shape index (κ1) is 21.1. The number of aryl methyl sites for hydroxylation is 1. The van der Waals surface area contributed by atoms with Gasteiger partial charge in [-0.25, -0.2) is 0 Å². The molecule has 3 rings (SSSR count). The Labute approximate surface area is 176 Å². The number of allylic oxidation sites excluding steroid dienone is 3. The molecule has 29 heavy (non-hydrogen) atoms. The van der Waals surface area contributed by atoms with Crippen LogP contribution in [0.2, 0.25) is 5.02 Å². The summed E-state index contributed by atoms with van der Waals surface area (Å²) in [7, 11) is 1.85. The highest BCUT2D eigenvalue weighted by atomic mass is 35.5. The third kappa shape index (κ3) is 4.51. The summed E-state index contributed by atoms with van der Waals surface area (Å²) in [6.07, 6.45) is 5.98. The van der Waals surface area contributed by atoms with Gasteiger partial charge in [0.2, 0.25) is 0 Å². The number of nitrogens with zero attached hydrogens (tertiary/aromatic N) is 2. The van der Waals surface area contributed by atoms with Crippen LogP contribution in [0.3, 0.4) is 0 Å². The number of nitrogens with one attached hydrogen (secondary N) is 1. The Bertz CT molecular complexity index is 1030. The maximum atomic E-state index is 13.0. The smallest absolute Gasteiger partial charge is 0.251 e. The van der Waals surface area contributed by atoms with Crippen LogP contribution >= 0.6 is 11.6 Å². The Kier molecular flexibility index (Phi) is 6.38. The molecule has 0 spiro atoms. The molecule has 0 bridgehead atoms. The zero-order valence-corrected chi connectivity index (χ0v) is 18.1. The molecule has 5 nitrogen and oxygen atoms in total. The van der Waals surface area contributed by atoms with Crippen LogP contribution in [-0.4, -0.2) is 28.0 Å². The van der Waals surface area contributed by atoms with E-state index in [1.54, 1.807) is 16.9 Å². The van der Waals surface area contributed by atoms with Crippen LogP contribution in [0.15, 0.2) is 47.2 Å². The van der Waals surface area contributed by atoms with Crippen molar-refractivity contribution >= 4 is 23.3 Å². The molecule has 0 fully saturated rings. The van der Waals surface area contributed by atoms with Crippen LogP contribution in [0.1, 0.15) is 49.0 Å². The van der Waals surface area contributed by atoms with Gasteiger partial charge in [-0.1, -0.05) is 36.6 Å². The van der Waals surface area contributed by atoms with Gasteiger partial charge in [-0.05, 0) is 49.6 Å². The third-order valence-electron chi connectivity index (χ3n) is 5.24. The Hall–Kier alpha value is -2.66. The molecular weight excluding hydrogens is 386 g/mol. The van der Waals surface area contributed by atoms with Gasteiger partial charge >= 0.3 is 0 Å². The van der Waals surface area contributed by atoms with Gasteiger partial charge in [0.25, 0.3) is 5.91 Å². The molecule has 1 amide bonds. The Morgan fingerprint density at radius 1 is 1.31 bits per heavy atom. The van der Waals surface area contributed by atoms with Crippen LogP contribution in [0.4, 0.5) is 0 Å². The van der Waals surface area contributed by atoms with Gasteiger partial charge in [0.15, 0.2) is 5.78 Å². The third-order valence-corrected chi connectivity index (χ3v) is 5.46. The lowest BCUT2D eigenvalue weighted by molar-refractivity contribution is -0.115. The number of carbonyl (C=O) groups excluding carboxylic acids is 2. The number of hydrogen-bond acceptors (Lipinski definition) is 3. The molecular formula is C23H26ClN3O2. The highest BCUT2D eigenvalue weighted by molar-refractivity contribution is 6.31. The Morgan fingerprint density at radius 2 is 2.07 bits per heavy atom. The van der Waals surface area contributed by atoms with Gasteiger partial charge in [-0.2, -0.15) is 5.10 Å². The predicted octanol–water partition coefficient (Wildman–Crippen LogP) is 4.79. The summed E-state index contributed by atoms with van der Waals surface area (Å²) in [6.45, 7) is 6.18. The molecule has 1 N–H and O–H groups in total. The average molecular weight is 412 g/mol. The van der Waals surface area contributed by atoms with Crippen LogP contribution in [0.5, 0.6) is 0 Å². The van der Waals surface area contributed by atoms with E-state index in [0.29, 0.717) is 22.6 Å². The maximum Gasteiger partial charge on any atom is 0.251 e. The number of hydrogen-bond donors (Lipinski definition) is 1. The summed E-state index contributed by atoms with van der Waals surface area (Å²) < 4.78 is 1.75. The van der Waals surface area contributed by atoms with E-state index in [9.17, 15) is 9.59 Å². The zero-order valence-electron chi connectivity index (χ0n) is 17.3. The lowest BCUT2D eigenvalue weighted by Gasteiger charge is -2.19. The van der Waals surface area contributed by atoms with Crippen molar-refractivity contribution in [2.45, 2.75) is 40.0 Å². The Morgan fingerprint density at radius 3 is 2.72 bits per heavy atom. The number of aromatic nitrogens is 2. The van der Waals surface area contributed by atoms with Crippen molar-refractivity contribution in [2.75, 3.05) is 6.54 Å². The van der Waals surface area contributed by atoms with Crippen molar-refractivity contribution in [2.24, 2.45) is 7.05 Å². The molecule has 0 unspecified atom stereocenters. The van der Waals surface area contributed by atoms with Gasteiger partial charge in [-0.15, -0.1) is 0 Å². The molecule has 1 aliphatic carbocycles. The molecule has 0 radical (unpaired) electrons. The van der Waals surface area contributed by atoms with Gasteiger partial charge in [-0.3, -0.25) is 14.3 Å². The number of halogens is 1. The monoisotopic (exact) mass is 411 g/mol. The number of benzene rings is 1. The molecule has 152 valence electrons. The Balaban J connectivity index is 1.88. The van der Waals surface area contributed by atoms with E-state index >= 15 is 0 Å². The summed E-state index contributed by atoms with van der Waals surface area (Å²) in [5.74, 6) is -0.150. The summed E-state index contributed by atoms with van der Waals surface area (Å²) >= 11 is 6.31. The average Bonchev–Trinajstić information content (AvgIpc) is 3.08. The van der Waals surface area contributed by atoms with Crippen molar-refractivity contribution in [3.63, 3.8) is 0 Å². The molecule has 1 aromatic heterocycles. The summed E-state index contributed by atoms with van der Waals surface area (Å²) in [5, 5.41) is 7.61. The van der Waals surface area contributed by atoms with Crippen molar-refractivity contribution in [3.8, 4) is 11.3 Å². The first-order valence-corrected chi connectivity index (χ1v) is 10.2. The SMILES string of the molecule is CCCC1=C(CNC(=O)c2cc(Cl)cc(-c3ccnn3C)c2C)C(=O)CC(C)=C1. The molecule has 1 aliphatic rings. The molecule has 0 aliphatic heterocycles. The van der Waals surface area contributed by atoms with Crippen LogP contribution < -0.4 is 5.32 Å². The summed E-state index contributed by atoms with van der Waals surface area (Å²) in [5.41, 5.74) is 5.87. The molecule has 0 saturated carbocycles. The van der Waals surface area contributed by atoms with Gasteiger partial charge in [0.1, 0.15) is 0 Å². The molecule has 0 atom stereocenters. The van der Waals surface area contributed by atoms with Crippen LogP contribution in [0.25, 0.3) is 11.3 Å². The normalized spacial score (nSPS) is 14.2. The number of ketones is 1. The van der Waals surface area contributed by atoms with Gasteiger partial charge in [0.05, 0.1) is 5.69 Å². The number of carbonyl (C=O) groups is 2. The van der Waals surface area contributed by atoms with Crippen molar-refractivity contribution in [1.29, 1.82) is 0 Å². The van der Waals surface area contributed by atoms with Crippen LogP contribution in [-0.2, 0) is 11.8 Å². The minimum Gasteiger partial charge on any atom is -0.348 e. The fourth-order valence-corrected chi connectivity index (χ4v) is 3.98. The second kappa shape index (κ2) is 8.78. The van der Waals surface area contributed by atoms with Gasteiger partial charge < -0.3 is 5.32 Å². The molecule has 6 heteroatoms. The van der Waals surface area contributed by atoms with E-state index in [-0.39, 0.29) is 18.2 Å². The quantitative estimate of drug-likeness (QED) is 0.742. The fourth-order valence-electron chi connectivity index (χ4n) is 3.76. The molecule has 1 aromatic carbocycles. The second-order valence-electron chi connectivity index (χ2n) is 7.49. The van der Waals surface area contributed by atoms with Crippen molar-refractivity contribution in [3.05, 3.63) is 63.3 Å². The molecule has 0 saturated heterocycles. The van der Waals surface area contributed by atoms with E-state index < -0.39 is 0 Å². The second-order valence-corrected chi connectivity index (χ2v) is 7.93. The standard InChI is InChI=1S/C23H26ClN3O2/c1-5-6-16-9-14(2)10-22(28)20(16)13-25-23(29)19-12-17(24)11-18(15(19)3)21-7-8-26-27(21)4/h7-9,11-12H,5-6,10,13H2,1-4H3,(H,25,29). The van der Waals surface area contributed by atoms with Crippen molar-refractivity contribution in [1.82, 2.24) is 15.1 Å². The predicted molar refractivity (Wildman–Crippen MR) is 116 cm³/mol. The number of amides is 1. The lowest BCUT2D eigenvalue weighted by Crippen LogP contribution is -2.30. The first-order valence-electron chi connectivity index (χ1n) is 9.81. The van der Waals surface area contributed by atoms with Crippen LogP contribution in [0, 0.1) is 6.92 Å². The fraction of sp³-hybridized carbons (Fsp3) is 0.348. The van der Waals surface area contributed by atoms with Crippen molar-refractivity contribution < 1.29 is 9.59 Å². The molecule has 1 heterocycles. The maximum absolute atomic E-state index is 13.0. The first-order chi connectivity index (χ1) is 13.8. The lowest BCUT2D eigenvalue weighted by atomic mass is 9.89. The van der Waals surface area contributed by atoms with E-state index in [1.807, 2.05) is 33.0 Å². The summed E-state index contributed by atoms with van der Waals surface area (Å²) in [4.78, 5) is 25.5. The van der Waals surface area contributed by atoms with E-state index in [1.165, 1.54) is 0 Å². The minimum atomic E-state index is -0.240. The van der Waals surface area contributed by atoms with E-state index in [4.69, 9.17) is 11.6 Å². The topological polar surface area (TPSA) is 64.0 Å². The highest BCUT2D eigenvalue weighted by Crippen LogP contribution is 2.29. The van der Waals surface area contributed by atoms with E-state index in [2.05, 4.69) is 23.4 Å². The molecule has 2 aromatic rings. The number of Topliss-reactive ketones (excluding diaryl/α,β-unsaturated/α-hetero) is 1. The van der Waals surface area contributed by atoms with E-state index in [0.717, 1.165) is 40.8 Å². The van der Waals surface area contributed by atoms with Gasteiger partial charge in [0, 0.05) is 47.9 Å². The highest BCUT2D eigenvalue weighted by Gasteiger charge is 2.21. The largest absolute Gasteiger partial charge is 0.348 e. The zero-order chi connectivity index (χ0) is 21.1. The number of rotatable bonds is 6.